The standard InChI is InChI=1S/C24H36N4OS/c1-15-7-8-18-20(13-15)30-24-22(18)23(25-19-6-4-5-16(2)17(19)3)26-21(27-24)14-28-9-11-29-12-10-28/h15-17,19H,4-14H2,1-3H3,(H,25,26,27)/t15-,16+,17+,19-/m1/s1. The minimum absolute atomic E-state index is 0.515. The summed E-state index contributed by atoms with van der Waals surface area (Å²) in [7, 11) is 0. The van der Waals surface area contributed by atoms with Crippen molar-refractivity contribution in [2.24, 2.45) is 17.8 Å². The van der Waals surface area contributed by atoms with Gasteiger partial charge in [-0.15, -0.1) is 11.3 Å². The zero-order chi connectivity index (χ0) is 20.7. The monoisotopic (exact) mass is 428 g/mol. The minimum Gasteiger partial charge on any atom is -0.379 e. The summed E-state index contributed by atoms with van der Waals surface area (Å²) in [5, 5.41) is 5.27. The Morgan fingerprint density at radius 3 is 2.77 bits per heavy atom. The van der Waals surface area contributed by atoms with Crippen LogP contribution in [0.3, 0.4) is 0 Å². The van der Waals surface area contributed by atoms with Crippen LogP contribution >= 0.6 is 11.3 Å². The van der Waals surface area contributed by atoms with E-state index in [1.165, 1.54) is 54.3 Å². The van der Waals surface area contributed by atoms with Gasteiger partial charge in [-0.1, -0.05) is 33.6 Å². The van der Waals surface area contributed by atoms with Crippen LogP contribution in [0.15, 0.2) is 0 Å². The highest BCUT2D eigenvalue weighted by atomic mass is 32.1. The Morgan fingerprint density at radius 2 is 1.93 bits per heavy atom. The van der Waals surface area contributed by atoms with Gasteiger partial charge in [0.05, 0.1) is 25.1 Å². The van der Waals surface area contributed by atoms with Gasteiger partial charge < -0.3 is 10.1 Å². The van der Waals surface area contributed by atoms with E-state index >= 15 is 0 Å². The summed E-state index contributed by atoms with van der Waals surface area (Å²) in [4.78, 5) is 15.4. The third-order valence-corrected chi connectivity index (χ3v) is 8.85. The molecule has 0 radical (unpaired) electrons. The van der Waals surface area contributed by atoms with Gasteiger partial charge in [-0.3, -0.25) is 4.90 Å². The summed E-state index contributed by atoms with van der Waals surface area (Å²) < 4.78 is 5.53. The van der Waals surface area contributed by atoms with Crippen LogP contribution in [-0.4, -0.2) is 47.2 Å². The molecule has 0 unspecified atom stereocenters. The third-order valence-electron chi connectivity index (χ3n) is 7.70. The first-order valence-corrected chi connectivity index (χ1v) is 12.8. The molecule has 3 heterocycles. The molecule has 2 aromatic heterocycles. The van der Waals surface area contributed by atoms with Crippen LogP contribution in [-0.2, 0) is 24.1 Å². The van der Waals surface area contributed by atoms with Crippen LogP contribution in [0.25, 0.3) is 10.2 Å². The van der Waals surface area contributed by atoms with Crippen molar-refractivity contribution >= 4 is 27.4 Å². The van der Waals surface area contributed by atoms with Gasteiger partial charge >= 0.3 is 0 Å². The average molecular weight is 429 g/mol. The largest absolute Gasteiger partial charge is 0.379 e. The summed E-state index contributed by atoms with van der Waals surface area (Å²) >= 11 is 1.92. The fraction of sp³-hybridized carbons (Fsp3) is 0.750. The predicted octanol–water partition coefficient (Wildman–Crippen LogP) is 4.88. The van der Waals surface area contributed by atoms with Crippen molar-refractivity contribution < 1.29 is 4.74 Å². The molecule has 4 atom stereocenters. The molecule has 1 saturated heterocycles. The van der Waals surface area contributed by atoms with Crippen molar-refractivity contribution in [2.45, 2.75) is 71.9 Å². The molecule has 0 spiro atoms. The molecular weight excluding hydrogens is 392 g/mol. The van der Waals surface area contributed by atoms with Gasteiger partial charge in [0.25, 0.3) is 0 Å². The third kappa shape index (κ3) is 4.11. The lowest BCUT2D eigenvalue weighted by atomic mass is 9.78. The van der Waals surface area contributed by atoms with Crippen molar-refractivity contribution in [1.29, 1.82) is 0 Å². The first-order chi connectivity index (χ1) is 14.6. The molecule has 5 nitrogen and oxygen atoms in total. The highest BCUT2D eigenvalue weighted by Crippen LogP contribution is 2.41. The average Bonchev–Trinajstić information content (AvgIpc) is 3.09. The topological polar surface area (TPSA) is 50.3 Å². The van der Waals surface area contributed by atoms with Crippen LogP contribution in [0, 0.1) is 17.8 Å². The van der Waals surface area contributed by atoms with E-state index in [1.54, 1.807) is 4.88 Å². The number of nitrogens with zero attached hydrogens (tertiary/aromatic N) is 3. The van der Waals surface area contributed by atoms with Gasteiger partial charge in [-0.25, -0.2) is 9.97 Å². The van der Waals surface area contributed by atoms with E-state index < -0.39 is 0 Å². The number of thiophene rings is 1. The number of hydrogen-bond donors (Lipinski definition) is 1. The van der Waals surface area contributed by atoms with E-state index in [0.29, 0.717) is 12.0 Å². The van der Waals surface area contributed by atoms with Gasteiger partial charge in [-0.05, 0) is 49.0 Å². The second-order valence-corrected chi connectivity index (χ2v) is 11.0. The number of fused-ring (bicyclic) bond motifs is 3. The zero-order valence-electron chi connectivity index (χ0n) is 18.7. The fourth-order valence-electron chi connectivity index (χ4n) is 5.48. The predicted molar refractivity (Wildman–Crippen MR) is 124 cm³/mol. The van der Waals surface area contributed by atoms with Gasteiger partial charge in [-0.2, -0.15) is 0 Å². The quantitative estimate of drug-likeness (QED) is 0.752. The van der Waals surface area contributed by atoms with Crippen LogP contribution < -0.4 is 5.32 Å². The van der Waals surface area contributed by atoms with Crippen LogP contribution in [0.1, 0.15) is 62.7 Å². The minimum atomic E-state index is 0.515. The van der Waals surface area contributed by atoms with Crippen LogP contribution in [0.4, 0.5) is 5.82 Å². The van der Waals surface area contributed by atoms with Gasteiger partial charge in [0.2, 0.25) is 0 Å². The first-order valence-electron chi connectivity index (χ1n) is 12.0. The Kier molecular flexibility index (Phi) is 6.00. The summed E-state index contributed by atoms with van der Waals surface area (Å²) in [5.74, 6) is 4.32. The van der Waals surface area contributed by atoms with Crippen molar-refractivity contribution in [3.8, 4) is 0 Å². The molecule has 0 bridgehead atoms. The smallest absolute Gasteiger partial charge is 0.146 e. The Bertz CT molecular complexity index is 891. The zero-order valence-corrected chi connectivity index (χ0v) is 19.6. The maximum Gasteiger partial charge on any atom is 0.146 e. The number of aromatic nitrogens is 2. The number of anilines is 1. The van der Waals surface area contributed by atoms with E-state index in [0.717, 1.165) is 56.3 Å². The molecule has 2 aliphatic carbocycles. The Balaban J connectivity index is 1.51. The highest BCUT2D eigenvalue weighted by molar-refractivity contribution is 7.19. The summed E-state index contributed by atoms with van der Waals surface area (Å²) in [6.07, 6.45) is 7.58. The lowest BCUT2D eigenvalue weighted by Crippen LogP contribution is -2.37. The maximum atomic E-state index is 5.53. The molecule has 1 saturated carbocycles. The Morgan fingerprint density at radius 1 is 1.10 bits per heavy atom. The van der Waals surface area contributed by atoms with Gasteiger partial charge in [0.1, 0.15) is 16.5 Å². The van der Waals surface area contributed by atoms with Crippen LogP contribution in [0.2, 0.25) is 0 Å². The summed E-state index contributed by atoms with van der Waals surface area (Å²) in [5.41, 5.74) is 1.53. The number of morpholine rings is 1. The Hall–Kier alpha value is -1.24. The lowest BCUT2D eigenvalue weighted by molar-refractivity contribution is 0.0331. The Labute approximate surface area is 184 Å². The van der Waals surface area contributed by atoms with E-state index in [4.69, 9.17) is 14.7 Å². The van der Waals surface area contributed by atoms with Crippen molar-refractivity contribution in [2.75, 3.05) is 31.6 Å². The van der Waals surface area contributed by atoms with Gasteiger partial charge in [0.15, 0.2) is 0 Å². The summed E-state index contributed by atoms with van der Waals surface area (Å²) in [6, 6.07) is 0.515. The van der Waals surface area contributed by atoms with Crippen molar-refractivity contribution in [3.05, 3.63) is 16.3 Å². The van der Waals surface area contributed by atoms with Crippen molar-refractivity contribution in [3.63, 3.8) is 0 Å². The molecule has 0 aromatic carbocycles. The molecule has 1 aliphatic heterocycles. The number of hydrogen-bond acceptors (Lipinski definition) is 6. The molecule has 30 heavy (non-hydrogen) atoms. The highest BCUT2D eigenvalue weighted by Gasteiger charge is 2.30. The molecule has 2 aromatic rings. The van der Waals surface area contributed by atoms with E-state index in [1.807, 2.05) is 11.3 Å². The molecular formula is C24H36N4OS. The SMILES string of the molecule is C[C@@H]1CCc2c(sc3nc(CN4CCOCC4)nc(N[C@@H]4CCC[C@H](C)[C@@H]4C)c23)C1. The molecule has 1 N–H and O–H groups in total. The second-order valence-electron chi connectivity index (χ2n) is 9.93. The first kappa shape index (κ1) is 20.7. The van der Waals surface area contributed by atoms with Crippen LogP contribution in [0.5, 0.6) is 0 Å². The molecule has 0 amide bonds. The number of nitrogens with one attached hydrogen (secondary N) is 1. The molecule has 3 aliphatic rings. The molecule has 2 fully saturated rings. The van der Waals surface area contributed by atoms with E-state index in [2.05, 4.69) is 31.0 Å². The van der Waals surface area contributed by atoms with E-state index in [-0.39, 0.29) is 0 Å². The fourth-order valence-corrected chi connectivity index (χ4v) is 6.88. The lowest BCUT2D eigenvalue weighted by Gasteiger charge is -2.35. The van der Waals surface area contributed by atoms with Crippen molar-refractivity contribution in [1.82, 2.24) is 14.9 Å². The van der Waals surface area contributed by atoms with Gasteiger partial charge in [0, 0.05) is 24.0 Å². The number of ether oxygens (including phenoxy) is 1. The number of rotatable bonds is 4. The molecule has 164 valence electrons. The summed E-state index contributed by atoms with van der Waals surface area (Å²) in [6.45, 7) is 11.6. The second kappa shape index (κ2) is 8.71. The molecule has 6 heteroatoms. The van der Waals surface area contributed by atoms with E-state index in [9.17, 15) is 0 Å². The maximum absolute atomic E-state index is 5.53. The number of aryl methyl sites for hydroxylation is 1. The normalized spacial score (nSPS) is 30.4. The molecule has 5 rings (SSSR count).